The molecule has 3 aromatic rings. The van der Waals surface area contributed by atoms with Gasteiger partial charge in [0.1, 0.15) is 4.87 Å². The van der Waals surface area contributed by atoms with Crippen LogP contribution in [0, 0.1) is 18.8 Å². The van der Waals surface area contributed by atoms with Crippen molar-refractivity contribution in [1.29, 1.82) is 0 Å². The van der Waals surface area contributed by atoms with Gasteiger partial charge in [-0.05, 0) is 46.9 Å². The molecule has 1 heterocycles. The number of nitrogens with zero attached hydrogens (tertiary/aromatic N) is 1. The number of imide groups is 1. The van der Waals surface area contributed by atoms with Crippen LogP contribution >= 0.6 is 11.6 Å². The van der Waals surface area contributed by atoms with Crippen LogP contribution in [0.4, 0.5) is 5.69 Å². The summed E-state index contributed by atoms with van der Waals surface area (Å²) in [5.74, 6) is -1.59. The molecule has 0 N–H and O–H groups in total. The van der Waals surface area contributed by atoms with E-state index in [1.165, 1.54) is 4.90 Å². The lowest BCUT2D eigenvalue weighted by molar-refractivity contribution is -0.122. The van der Waals surface area contributed by atoms with Crippen molar-refractivity contribution in [3.05, 3.63) is 101 Å². The molecule has 0 spiro atoms. The van der Waals surface area contributed by atoms with E-state index in [0.29, 0.717) is 5.69 Å². The molecule has 29 heavy (non-hydrogen) atoms. The fourth-order valence-corrected chi connectivity index (χ4v) is 6.27. The van der Waals surface area contributed by atoms with Crippen molar-refractivity contribution in [2.45, 2.75) is 17.7 Å². The second-order valence-electron chi connectivity index (χ2n) is 8.22. The lowest BCUT2D eigenvalue weighted by Gasteiger charge is -2.50. The van der Waals surface area contributed by atoms with Gasteiger partial charge in [-0.15, -0.1) is 11.6 Å². The van der Waals surface area contributed by atoms with Gasteiger partial charge in [-0.3, -0.25) is 9.59 Å². The number of amides is 2. The molecule has 2 atom stereocenters. The summed E-state index contributed by atoms with van der Waals surface area (Å²) in [5, 5.41) is 0. The molecule has 0 aromatic heterocycles. The number of hydrogen-bond acceptors (Lipinski definition) is 2. The molecule has 4 heteroatoms. The summed E-state index contributed by atoms with van der Waals surface area (Å²) >= 11 is 7.40. The molecule has 3 aliphatic carbocycles. The number of alkyl halides is 1. The number of aryl methyl sites for hydroxylation is 1. The fourth-order valence-electron chi connectivity index (χ4n) is 5.70. The molecule has 2 bridgehead atoms. The summed E-state index contributed by atoms with van der Waals surface area (Å²) in [7, 11) is 0. The molecule has 0 saturated carbocycles. The molecule has 0 radical (unpaired) electrons. The number of benzene rings is 3. The van der Waals surface area contributed by atoms with Gasteiger partial charge in [0.05, 0.1) is 17.5 Å². The topological polar surface area (TPSA) is 37.4 Å². The first-order valence-electron chi connectivity index (χ1n) is 9.85. The number of carbonyl (C=O) groups is 2. The normalized spacial score (nSPS) is 28.9. The summed E-state index contributed by atoms with van der Waals surface area (Å²) in [4.78, 5) is 27.7. The maximum atomic E-state index is 13.7. The molecule has 1 saturated heterocycles. The lowest BCUT2D eigenvalue weighted by atomic mass is 9.54. The summed E-state index contributed by atoms with van der Waals surface area (Å²) in [6.45, 7) is 1.96. The maximum Gasteiger partial charge on any atom is 0.240 e. The first-order valence-corrected chi connectivity index (χ1v) is 10.2. The Morgan fingerprint density at radius 2 is 1.45 bits per heavy atom. The highest BCUT2D eigenvalue weighted by molar-refractivity contribution is 6.33. The molecule has 142 valence electrons. The summed E-state index contributed by atoms with van der Waals surface area (Å²) in [6.07, 6.45) is 0. The molecule has 1 aliphatic heterocycles. The van der Waals surface area contributed by atoms with Crippen molar-refractivity contribution in [2.75, 3.05) is 4.90 Å². The Morgan fingerprint density at radius 1 is 0.828 bits per heavy atom. The van der Waals surface area contributed by atoms with Gasteiger partial charge in [-0.2, -0.15) is 0 Å². The second kappa shape index (κ2) is 5.58. The third-order valence-electron chi connectivity index (χ3n) is 6.77. The van der Waals surface area contributed by atoms with Gasteiger partial charge < -0.3 is 0 Å². The molecular weight excluding hydrogens is 382 g/mol. The van der Waals surface area contributed by atoms with Gasteiger partial charge in [-0.25, -0.2) is 4.90 Å². The van der Waals surface area contributed by atoms with Gasteiger partial charge in [-0.1, -0.05) is 60.7 Å². The molecule has 2 amide bonds. The van der Waals surface area contributed by atoms with E-state index in [0.717, 1.165) is 27.8 Å². The quantitative estimate of drug-likeness (QED) is 0.437. The zero-order valence-corrected chi connectivity index (χ0v) is 16.6. The average molecular weight is 400 g/mol. The first kappa shape index (κ1) is 17.0. The van der Waals surface area contributed by atoms with E-state index in [-0.39, 0.29) is 17.7 Å². The molecule has 7 rings (SSSR count). The Balaban J connectivity index is 1.63. The van der Waals surface area contributed by atoms with Gasteiger partial charge in [0.25, 0.3) is 0 Å². The predicted octanol–water partition coefficient (Wildman–Crippen LogP) is 4.74. The Labute approximate surface area is 173 Å². The van der Waals surface area contributed by atoms with Crippen LogP contribution in [0.5, 0.6) is 0 Å². The minimum absolute atomic E-state index is 0.148. The number of hydrogen-bond donors (Lipinski definition) is 0. The van der Waals surface area contributed by atoms with Crippen LogP contribution in [0.3, 0.4) is 0 Å². The molecule has 0 unspecified atom stereocenters. The lowest BCUT2D eigenvalue weighted by Crippen LogP contribution is -2.50. The minimum Gasteiger partial charge on any atom is -0.274 e. The Bertz CT molecular complexity index is 1170. The molecule has 4 aliphatic rings. The van der Waals surface area contributed by atoms with E-state index in [2.05, 4.69) is 12.1 Å². The Hall–Kier alpha value is -2.91. The number of carbonyl (C=O) groups excluding carboxylic acids is 2. The summed E-state index contributed by atoms with van der Waals surface area (Å²) in [5.41, 5.74) is 5.68. The number of rotatable bonds is 1. The van der Waals surface area contributed by atoms with E-state index in [4.69, 9.17) is 11.6 Å². The van der Waals surface area contributed by atoms with Crippen LogP contribution in [0.2, 0.25) is 0 Å². The Kier molecular flexibility index (Phi) is 3.27. The largest absolute Gasteiger partial charge is 0.274 e. The predicted molar refractivity (Wildman–Crippen MR) is 112 cm³/mol. The van der Waals surface area contributed by atoms with Crippen LogP contribution < -0.4 is 4.90 Å². The highest BCUT2D eigenvalue weighted by Crippen LogP contribution is 2.65. The zero-order valence-electron chi connectivity index (χ0n) is 15.8. The van der Waals surface area contributed by atoms with Crippen LogP contribution in [0.25, 0.3) is 0 Å². The van der Waals surface area contributed by atoms with Crippen LogP contribution in [-0.2, 0) is 14.5 Å². The van der Waals surface area contributed by atoms with Crippen molar-refractivity contribution < 1.29 is 9.59 Å². The van der Waals surface area contributed by atoms with Crippen LogP contribution in [-0.4, -0.2) is 11.8 Å². The highest BCUT2D eigenvalue weighted by atomic mass is 35.5. The second-order valence-corrected chi connectivity index (χ2v) is 8.81. The van der Waals surface area contributed by atoms with Crippen molar-refractivity contribution in [1.82, 2.24) is 0 Å². The van der Waals surface area contributed by atoms with E-state index >= 15 is 0 Å². The van der Waals surface area contributed by atoms with Gasteiger partial charge in [0, 0.05) is 5.92 Å². The highest BCUT2D eigenvalue weighted by Gasteiger charge is 2.67. The van der Waals surface area contributed by atoms with Crippen LogP contribution in [0.15, 0.2) is 72.8 Å². The van der Waals surface area contributed by atoms with E-state index in [9.17, 15) is 9.59 Å². The van der Waals surface area contributed by atoms with Crippen molar-refractivity contribution in [2.24, 2.45) is 11.8 Å². The summed E-state index contributed by atoms with van der Waals surface area (Å²) in [6, 6.07) is 23.5. The molecule has 1 fully saturated rings. The van der Waals surface area contributed by atoms with Crippen molar-refractivity contribution >= 4 is 29.1 Å². The zero-order chi connectivity index (χ0) is 19.9. The molecule has 3 nitrogen and oxygen atoms in total. The third kappa shape index (κ3) is 1.94. The SMILES string of the molecule is Cc1cccc(N2C(=O)[C@@H]3C4c5ccccc5C(Cl)(c5ccccc54)[C@H]3C2=O)c1. The Morgan fingerprint density at radius 3 is 2.07 bits per heavy atom. The van der Waals surface area contributed by atoms with Gasteiger partial charge in [0.15, 0.2) is 0 Å². The van der Waals surface area contributed by atoms with Crippen LogP contribution in [0.1, 0.15) is 33.7 Å². The third-order valence-corrected chi connectivity index (χ3v) is 7.42. The minimum atomic E-state index is -1.03. The van der Waals surface area contributed by atoms with Crippen molar-refractivity contribution in [3.63, 3.8) is 0 Å². The first-order chi connectivity index (χ1) is 14.0. The number of halogens is 1. The maximum absolute atomic E-state index is 13.7. The smallest absolute Gasteiger partial charge is 0.240 e. The van der Waals surface area contributed by atoms with Gasteiger partial charge >= 0.3 is 0 Å². The van der Waals surface area contributed by atoms with E-state index in [1.54, 1.807) is 0 Å². The fraction of sp³-hybridized carbons (Fsp3) is 0.200. The average Bonchev–Trinajstić information content (AvgIpc) is 3.00. The molecular formula is C25H18ClNO2. The number of anilines is 1. The summed E-state index contributed by atoms with van der Waals surface area (Å²) < 4.78 is 0. The standard InChI is InChI=1S/C25H18ClNO2/c1-14-7-6-8-15(13-14)27-23(28)21-20-16-9-2-4-11-18(16)25(26,22(21)24(27)29)19-12-5-3-10-17(19)20/h2-13,20-22H,1H3/t20?,21-,22-,25?/m1/s1. The van der Waals surface area contributed by atoms with Gasteiger partial charge in [0.2, 0.25) is 11.8 Å². The molecule has 3 aromatic carbocycles. The van der Waals surface area contributed by atoms with E-state index in [1.807, 2.05) is 67.6 Å². The van der Waals surface area contributed by atoms with E-state index < -0.39 is 16.7 Å². The monoisotopic (exact) mass is 399 g/mol. The van der Waals surface area contributed by atoms with Crippen molar-refractivity contribution in [3.8, 4) is 0 Å².